The van der Waals surface area contributed by atoms with Gasteiger partial charge in [0.1, 0.15) is 5.75 Å². The minimum Gasteiger partial charge on any atom is -0.496 e. The van der Waals surface area contributed by atoms with Gasteiger partial charge in [0.25, 0.3) is 0 Å². The number of aldehydes is 1. The first-order chi connectivity index (χ1) is 6.77. The molecule has 0 spiro atoms. The van der Waals surface area contributed by atoms with Crippen molar-refractivity contribution in [3.05, 3.63) is 28.4 Å². The van der Waals surface area contributed by atoms with Gasteiger partial charge in [0.2, 0.25) is 0 Å². The normalized spacial score (nSPS) is 10.4. The third-order valence-electron chi connectivity index (χ3n) is 2.09. The molecule has 1 N–H and O–H groups in total. The Kier molecular flexibility index (Phi) is 2.29. The SMILES string of the molecule is COc1cccc2[nH]c(C=O)c(Br)c12. The lowest BCUT2D eigenvalue weighted by Crippen LogP contribution is -1.82. The van der Waals surface area contributed by atoms with Gasteiger partial charge in [-0.05, 0) is 28.1 Å². The van der Waals surface area contributed by atoms with E-state index in [1.165, 1.54) is 0 Å². The lowest BCUT2D eigenvalue weighted by molar-refractivity contribution is 0.111. The number of halogens is 1. The van der Waals surface area contributed by atoms with Crippen molar-refractivity contribution in [3.63, 3.8) is 0 Å². The first-order valence-corrected chi connectivity index (χ1v) is 4.86. The lowest BCUT2D eigenvalue weighted by atomic mass is 10.2. The van der Waals surface area contributed by atoms with Crippen molar-refractivity contribution in [2.75, 3.05) is 7.11 Å². The number of carbonyl (C=O) groups excluding carboxylic acids is 1. The van der Waals surface area contributed by atoms with Crippen LogP contribution in [0.4, 0.5) is 0 Å². The molecule has 2 aromatic rings. The van der Waals surface area contributed by atoms with E-state index in [4.69, 9.17) is 4.74 Å². The zero-order valence-corrected chi connectivity index (χ0v) is 9.09. The summed E-state index contributed by atoms with van der Waals surface area (Å²) in [5.41, 5.74) is 1.42. The first kappa shape index (κ1) is 9.27. The number of rotatable bonds is 2. The number of ether oxygens (including phenoxy) is 1. The summed E-state index contributed by atoms with van der Waals surface area (Å²) in [5, 5.41) is 0.900. The summed E-state index contributed by atoms with van der Waals surface area (Å²) in [6, 6.07) is 5.63. The third-order valence-corrected chi connectivity index (χ3v) is 2.91. The van der Waals surface area contributed by atoms with E-state index < -0.39 is 0 Å². The molecule has 0 amide bonds. The predicted octanol–water partition coefficient (Wildman–Crippen LogP) is 2.75. The van der Waals surface area contributed by atoms with Crippen LogP contribution in [0.25, 0.3) is 10.9 Å². The van der Waals surface area contributed by atoms with Gasteiger partial charge >= 0.3 is 0 Å². The van der Waals surface area contributed by atoms with E-state index in [2.05, 4.69) is 20.9 Å². The molecular formula is C10H8BrNO2. The summed E-state index contributed by atoms with van der Waals surface area (Å²) >= 11 is 3.36. The van der Waals surface area contributed by atoms with Gasteiger partial charge in [-0.2, -0.15) is 0 Å². The summed E-state index contributed by atoms with van der Waals surface area (Å²) in [6.07, 6.45) is 0.781. The Hall–Kier alpha value is -1.29. The molecule has 0 bridgehead atoms. The van der Waals surface area contributed by atoms with E-state index in [-0.39, 0.29) is 0 Å². The number of methoxy groups -OCH3 is 1. The summed E-state index contributed by atoms with van der Waals surface area (Å²) < 4.78 is 5.95. The highest BCUT2D eigenvalue weighted by molar-refractivity contribution is 9.10. The van der Waals surface area contributed by atoms with Gasteiger partial charge in [-0.15, -0.1) is 0 Å². The molecule has 4 heteroatoms. The van der Waals surface area contributed by atoms with E-state index >= 15 is 0 Å². The monoisotopic (exact) mass is 253 g/mol. The van der Waals surface area contributed by atoms with E-state index in [1.54, 1.807) is 7.11 Å². The zero-order chi connectivity index (χ0) is 10.1. The number of H-pyrrole nitrogens is 1. The van der Waals surface area contributed by atoms with Gasteiger partial charge in [0.15, 0.2) is 6.29 Å². The second-order valence-corrected chi connectivity index (χ2v) is 3.65. The summed E-state index contributed by atoms with van der Waals surface area (Å²) in [6.45, 7) is 0. The molecule has 2 rings (SSSR count). The number of fused-ring (bicyclic) bond motifs is 1. The van der Waals surface area contributed by atoms with Crippen LogP contribution in [-0.2, 0) is 0 Å². The maximum absolute atomic E-state index is 10.7. The third kappa shape index (κ3) is 1.23. The number of benzene rings is 1. The average Bonchev–Trinajstić information content (AvgIpc) is 2.55. The van der Waals surface area contributed by atoms with Crippen LogP contribution in [0.5, 0.6) is 5.75 Å². The van der Waals surface area contributed by atoms with Gasteiger partial charge in [-0.25, -0.2) is 0 Å². The van der Waals surface area contributed by atoms with Crippen LogP contribution in [0.2, 0.25) is 0 Å². The van der Waals surface area contributed by atoms with Gasteiger partial charge in [0, 0.05) is 0 Å². The van der Waals surface area contributed by atoms with Crippen LogP contribution in [0.3, 0.4) is 0 Å². The Morgan fingerprint density at radius 2 is 2.29 bits per heavy atom. The van der Waals surface area contributed by atoms with Crippen LogP contribution in [0.1, 0.15) is 10.5 Å². The van der Waals surface area contributed by atoms with Crippen LogP contribution < -0.4 is 4.74 Å². The Morgan fingerprint density at radius 3 is 2.93 bits per heavy atom. The molecule has 0 unspecified atom stereocenters. The molecule has 0 aliphatic rings. The van der Waals surface area contributed by atoms with E-state index in [0.29, 0.717) is 5.69 Å². The van der Waals surface area contributed by atoms with Crippen molar-refractivity contribution in [2.24, 2.45) is 0 Å². The Morgan fingerprint density at radius 1 is 1.50 bits per heavy atom. The molecule has 0 atom stereocenters. The average molecular weight is 254 g/mol. The van der Waals surface area contributed by atoms with Crippen LogP contribution in [0, 0.1) is 0 Å². The molecule has 0 aliphatic heterocycles. The van der Waals surface area contributed by atoms with E-state index in [9.17, 15) is 4.79 Å². The lowest BCUT2D eigenvalue weighted by Gasteiger charge is -2.00. The standard InChI is InChI=1S/C10H8BrNO2/c1-14-8-4-2-3-6-9(8)10(11)7(5-13)12-6/h2-5,12H,1H3. The zero-order valence-electron chi connectivity index (χ0n) is 7.50. The van der Waals surface area contributed by atoms with Gasteiger partial charge < -0.3 is 9.72 Å². The summed E-state index contributed by atoms with van der Waals surface area (Å²) in [4.78, 5) is 13.7. The molecule has 14 heavy (non-hydrogen) atoms. The fraction of sp³-hybridized carbons (Fsp3) is 0.100. The Bertz CT molecular complexity index is 490. The number of aromatic nitrogens is 1. The van der Waals surface area contributed by atoms with Crippen molar-refractivity contribution in [2.45, 2.75) is 0 Å². The second-order valence-electron chi connectivity index (χ2n) is 2.85. The quantitative estimate of drug-likeness (QED) is 0.837. The van der Waals surface area contributed by atoms with Crippen LogP contribution in [0.15, 0.2) is 22.7 Å². The molecule has 0 saturated carbocycles. The minimum atomic E-state index is 0.532. The maximum Gasteiger partial charge on any atom is 0.167 e. The van der Waals surface area contributed by atoms with Crippen molar-refractivity contribution >= 4 is 33.1 Å². The Balaban J connectivity index is 2.85. The van der Waals surface area contributed by atoms with Gasteiger partial charge in [-0.1, -0.05) is 6.07 Å². The fourth-order valence-electron chi connectivity index (χ4n) is 1.45. The number of hydrogen-bond acceptors (Lipinski definition) is 2. The highest BCUT2D eigenvalue weighted by atomic mass is 79.9. The highest BCUT2D eigenvalue weighted by Gasteiger charge is 2.11. The second kappa shape index (κ2) is 3.46. The maximum atomic E-state index is 10.7. The first-order valence-electron chi connectivity index (χ1n) is 4.07. The van der Waals surface area contributed by atoms with Crippen molar-refractivity contribution in [1.82, 2.24) is 4.98 Å². The van der Waals surface area contributed by atoms with Gasteiger partial charge in [-0.3, -0.25) is 4.79 Å². The number of nitrogens with one attached hydrogen (secondary N) is 1. The van der Waals surface area contributed by atoms with Gasteiger partial charge in [0.05, 0.1) is 28.2 Å². The molecule has 1 aromatic carbocycles. The number of aromatic amines is 1. The van der Waals surface area contributed by atoms with Crippen molar-refractivity contribution in [1.29, 1.82) is 0 Å². The molecule has 0 aliphatic carbocycles. The Labute approximate surface area is 89.2 Å². The molecule has 1 heterocycles. The topological polar surface area (TPSA) is 42.1 Å². The minimum absolute atomic E-state index is 0.532. The van der Waals surface area contributed by atoms with Crippen molar-refractivity contribution < 1.29 is 9.53 Å². The molecule has 1 aromatic heterocycles. The van der Waals surface area contributed by atoms with E-state index in [1.807, 2.05) is 18.2 Å². The molecular weight excluding hydrogens is 246 g/mol. The molecule has 3 nitrogen and oxygen atoms in total. The molecule has 0 radical (unpaired) electrons. The largest absolute Gasteiger partial charge is 0.496 e. The smallest absolute Gasteiger partial charge is 0.167 e. The molecule has 0 saturated heterocycles. The van der Waals surface area contributed by atoms with Crippen LogP contribution >= 0.6 is 15.9 Å². The fourth-order valence-corrected chi connectivity index (χ4v) is 2.05. The molecule has 72 valence electrons. The molecule has 0 fully saturated rings. The van der Waals surface area contributed by atoms with E-state index in [0.717, 1.165) is 27.4 Å². The number of hydrogen-bond donors (Lipinski definition) is 1. The van der Waals surface area contributed by atoms with Crippen molar-refractivity contribution in [3.8, 4) is 5.75 Å². The number of carbonyl (C=O) groups is 1. The predicted molar refractivity (Wildman–Crippen MR) is 57.9 cm³/mol. The summed E-state index contributed by atoms with van der Waals surface area (Å²) in [7, 11) is 1.61. The summed E-state index contributed by atoms with van der Waals surface area (Å²) in [5.74, 6) is 0.749. The highest BCUT2D eigenvalue weighted by Crippen LogP contribution is 2.34. The van der Waals surface area contributed by atoms with Crippen LogP contribution in [-0.4, -0.2) is 18.4 Å².